The Morgan fingerprint density at radius 1 is 1.14 bits per heavy atom. The van der Waals surface area contributed by atoms with Crippen LogP contribution in [0.1, 0.15) is 43.7 Å². The number of benzene rings is 1. The summed E-state index contributed by atoms with van der Waals surface area (Å²) in [6, 6.07) is 5.24. The van der Waals surface area contributed by atoms with Crippen molar-refractivity contribution in [2.75, 3.05) is 20.1 Å². The van der Waals surface area contributed by atoms with Crippen molar-refractivity contribution in [2.45, 2.75) is 44.2 Å². The number of likely N-dealkylation sites (tertiary alicyclic amines) is 1. The predicted molar refractivity (Wildman–Crippen MR) is 80.1 cm³/mol. The Balaban J connectivity index is 1.81. The molecule has 1 N–H and O–H groups in total. The summed E-state index contributed by atoms with van der Waals surface area (Å²) in [6.45, 7) is 1.99. The Labute approximate surface area is 125 Å². The van der Waals surface area contributed by atoms with E-state index in [9.17, 15) is 8.78 Å². The maximum absolute atomic E-state index is 13.6. The lowest BCUT2D eigenvalue weighted by Crippen LogP contribution is -2.35. The molecule has 1 saturated carbocycles. The van der Waals surface area contributed by atoms with E-state index in [0.717, 1.165) is 25.1 Å². The Hall–Kier alpha value is -1.00. The van der Waals surface area contributed by atoms with Crippen LogP contribution in [0, 0.1) is 17.6 Å². The average Bonchev–Trinajstić information content (AvgIpc) is 3.28. The summed E-state index contributed by atoms with van der Waals surface area (Å²) in [7, 11) is 2.10. The van der Waals surface area contributed by atoms with Crippen LogP contribution in [0.25, 0.3) is 0 Å². The molecule has 3 rings (SSSR count). The van der Waals surface area contributed by atoms with E-state index < -0.39 is 11.6 Å². The SMILES string of the molecule is CN1CCCCC(CNC2CC2)C1c1ccc(F)c(F)c1. The average molecular weight is 294 g/mol. The fourth-order valence-electron chi connectivity index (χ4n) is 3.47. The molecule has 0 amide bonds. The third-order valence-electron chi connectivity index (χ3n) is 4.79. The minimum Gasteiger partial charge on any atom is -0.314 e. The zero-order valence-electron chi connectivity index (χ0n) is 12.6. The topological polar surface area (TPSA) is 15.3 Å². The fourth-order valence-corrected chi connectivity index (χ4v) is 3.47. The molecule has 2 aliphatic rings. The van der Waals surface area contributed by atoms with E-state index in [1.807, 2.05) is 0 Å². The van der Waals surface area contributed by atoms with Crippen molar-refractivity contribution >= 4 is 0 Å². The normalized spacial score (nSPS) is 27.6. The molecule has 1 heterocycles. The number of halogens is 2. The number of rotatable bonds is 4. The second kappa shape index (κ2) is 6.41. The first-order chi connectivity index (χ1) is 10.1. The maximum Gasteiger partial charge on any atom is 0.159 e. The lowest BCUT2D eigenvalue weighted by Gasteiger charge is -2.33. The number of nitrogens with one attached hydrogen (secondary N) is 1. The van der Waals surface area contributed by atoms with E-state index in [4.69, 9.17) is 0 Å². The molecule has 1 aromatic carbocycles. The molecule has 1 aliphatic heterocycles. The summed E-state index contributed by atoms with van der Waals surface area (Å²) in [5, 5.41) is 3.61. The van der Waals surface area contributed by atoms with E-state index in [1.54, 1.807) is 6.07 Å². The summed E-state index contributed by atoms with van der Waals surface area (Å²) in [5.74, 6) is -1.04. The van der Waals surface area contributed by atoms with Gasteiger partial charge in [0.2, 0.25) is 0 Å². The third kappa shape index (κ3) is 3.61. The molecule has 0 aromatic heterocycles. The van der Waals surface area contributed by atoms with Crippen LogP contribution in [0.2, 0.25) is 0 Å². The molecule has 116 valence electrons. The molecule has 1 aliphatic carbocycles. The first-order valence-electron chi connectivity index (χ1n) is 8.03. The first-order valence-corrected chi connectivity index (χ1v) is 8.03. The minimum atomic E-state index is -0.761. The van der Waals surface area contributed by atoms with Gasteiger partial charge in [0.15, 0.2) is 11.6 Å². The summed E-state index contributed by atoms with van der Waals surface area (Å²) in [5.41, 5.74) is 0.904. The van der Waals surface area contributed by atoms with E-state index in [1.165, 1.54) is 37.8 Å². The van der Waals surface area contributed by atoms with E-state index in [-0.39, 0.29) is 6.04 Å². The molecule has 1 aromatic rings. The molecular formula is C17H24F2N2. The van der Waals surface area contributed by atoms with Crippen LogP contribution >= 0.6 is 0 Å². The predicted octanol–water partition coefficient (Wildman–Crippen LogP) is 3.49. The largest absolute Gasteiger partial charge is 0.314 e. The highest BCUT2D eigenvalue weighted by Gasteiger charge is 2.31. The maximum atomic E-state index is 13.6. The summed E-state index contributed by atoms with van der Waals surface area (Å²) in [6.07, 6.45) is 6.09. The molecule has 1 saturated heterocycles. The van der Waals surface area contributed by atoms with Crippen molar-refractivity contribution in [3.05, 3.63) is 35.4 Å². The Bertz CT molecular complexity index is 488. The second-order valence-electron chi connectivity index (χ2n) is 6.54. The fraction of sp³-hybridized carbons (Fsp3) is 0.647. The van der Waals surface area contributed by atoms with Crippen LogP contribution in [0.5, 0.6) is 0 Å². The Morgan fingerprint density at radius 3 is 2.67 bits per heavy atom. The summed E-state index contributed by atoms with van der Waals surface area (Å²) < 4.78 is 26.8. The van der Waals surface area contributed by atoms with Crippen molar-refractivity contribution in [1.82, 2.24) is 10.2 Å². The zero-order chi connectivity index (χ0) is 14.8. The highest BCUT2D eigenvalue weighted by atomic mass is 19.2. The monoisotopic (exact) mass is 294 g/mol. The molecule has 2 fully saturated rings. The van der Waals surface area contributed by atoms with Crippen molar-refractivity contribution in [3.8, 4) is 0 Å². The smallest absolute Gasteiger partial charge is 0.159 e. The van der Waals surface area contributed by atoms with E-state index in [0.29, 0.717) is 12.0 Å². The minimum absolute atomic E-state index is 0.175. The third-order valence-corrected chi connectivity index (χ3v) is 4.79. The molecule has 4 heteroatoms. The molecule has 0 radical (unpaired) electrons. The Kier molecular flexibility index (Phi) is 4.55. The highest BCUT2D eigenvalue weighted by Crippen LogP contribution is 2.35. The van der Waals surface area contributed by atoms with Crippen molar-refractivity contribution in [1.29, 1.82) is 0 Å². The van der Waals surface area contributed by atoms with Crippen molar-refractivity contribution in [3.63, 3.8) is 0 Å². The molecule has 2 nitrogen and oxygen atoms in total. The van der Waals surface area contributed by atoms with Crippen molar-refractivity contribution < 1.29 is 8.78 Å². The van der Waals surface area contributed by atoms with Gasteiger partial charge in [0.05, 0.1) is 0 Å². The lowest BCUT2D eigenvalue weighted by molar-refractivity contribution is 0.188. The van der Waals surface area contributed by atoms with Gasteiger partial charge in [-0.15, -0.1) is 0 Å². The van der Waals surface area contributed by atoms with Gasteiger partial charge in [0.25, 0.3) is 0 Å². The van der Waals surface area contributed by atoms with Gasteiger partial charge in [-0.1, -0.05) is 12.5 Å². The molecule has 2 unspecified atom stereocenters. The number of nitrogens with zero attached hydrogens (tertiary/aromatic N) is 1. The second-order valence-corrected chi connectivity index (χ2v) is 6.54. The molecular weight excluding hydrogens is 270 g/mol. The van der Waals surface area contributed by atoms with Gasteiger partial charge in [-0.05, 0) is 62.9 Å². The lowest BCUT2D eigenvalue weighted by atomic mass is 9.89. The number of hydrogen-bond acceptors (Lipinski definition) is 2. The molecule has 2 atom stereocenters. The van der Waals surface area contributed by atoms with Crippen molar-refractivity contribution in [2.24, 2.45) is 5.92 Å². The van der Waals surface area contributed by atoms with Crippen LogP contribution in [0.4, 0.5) is 8.78 Å². The Morgan fingerprint density at radius 2 is 1.95 bits per heavy atom. The van der Waals surface area contributed by atoms with Gasteiger partial charge >= 0.3 is 0 Å². The van der Waals surface area contributed by atoms with E-state index in [2.05, 4.69) is 17.3 Å². The van der Waals surface area contributed by atoms with Crippen LogP contribution in [0.3, 0.4) is 0 Å². The zero-order valence-corrected chi connectivity index (χ0v) is 12.6. The standard InChI is InChI=1S/C17H24F2N2/c1-21-9-3-2-4-13(11-20-14-6-7-14)17(21)12-5-8-15(18)16(19)10-12/h5,8,10,13-14,17,20H,2-4,6-7,9,11H2,1H3. The molecule has 0 bridgehead atoms. The van der Waals surface area contributed by atoms with Gasteiger partial charge in [0, 0.05) is 18.6 Å². The van der Waals surface area contributed by atoms with Gasteiger partial charge in [-0.3, -0.25) is 4.90 Å². The van der Waals surface area contributed by atoms with Gasteiger partial charge in [0.1, 0.15) is 0 Å². The van der Waals surface area contributed by atoms with Crippen LogP contribution in [-0.2, 0) is 0 Å². The van der Waals surface area contributed by atoms with Gasteiger partial charge < -0.3 is 5.32 Å². The quantitative estimate of drug-likeness (QED) is 0.914. The highest BCUT2D eigenvalue weighted by molar-refractivity contribution is 5.22. The first kappa shape index (κ1) is 14.9. The van der Waals surface area contributed by atoms with Gasteiger partial charge in [-0.2, -0.15) is 0 Å². The van der Waals surface area contributed by atoms with Crippen LogP contribution in [0.15, 0.2) is 18.2 Å². The van der Waals surface area contributed by atoms with Crippen LogP contribution < -0.4 is 5.32 Å². The molecule has 0 spiro atoms. The summed E-state index contributed by atoms with van der Waals surface area (Å²) in [4.78, 5) is 2.30. The summed E-state index contributed by atoms with van der Waals surface area (Å²) >= 11 is 0. The molecule has 21 heavy (non-hydrogen) atoms. The van der Waals surface area contributed by atoms with Gasteiger partial charge in [-0.25, -0.2) is 8.78 Å². The van der Waals surface area contributed by atoms with Crippen LogP contribution in [-0.4, -0.2) is 31.1 Å². The number of hydrogen-bond donors (Lipinski definition) is 1. The van der Waals surface area contributed by atoms with E-state index >= 15 is 0 Å².